The molecule has 0 fully saturated rings. The van der Waals surface area contributed by atoms with E-state index in [0.29, 0.717) is 6.54 Å². The molecule has 4 aromatic rings. The minimum Gasteiger partial charge on any atom is -0.343 e. The van der Waals surface area contributed by atoms with Gasteiger partial charge in [-0.1, -0.05) is 24.3 Å². The van der Waals surface area contributed by atoms with Gasteiger partial charge in [0.05, 0.1) is 17.9 Å². The molecule has 7 heteroatoms. The Bertz CT molecular complexity index is 1300. The van der Waals surface area contributed by atoms with Crippen LogP contribution in [0.3, 0.4) is 0 Å². The molecule has 0 radical (unpaired) electrons. The fraction of sp³-hybridized carbons (Fsp3) is 0.200. The molecule has 2 aromatic carbocycles. The number of rotatable bonds is 5. The highest BCUT2D eigenvalue weighted by Gasteiger charge is 2.20. The second kappa shape index (κ2) is 8.16. The zero-order valence-electron chi connectivity index (χ0n) is 17.6. The Kier molecular flexibility index (Phi) is 4.88. The van der Waals surface area contributed by atoms with Gasteiger partial charge in [0.2, 0.25) is 0 Å². The molecule has 6 rings (SSSR count). The van der Waals surface area contributed by atoms with Crippen LogP contribution in [0.1, 0.15) is 27.1 Å². The fourth-order valence-electron chi connectivity index (χ4n) is 4.25. The SMILES string of the molecule is C1=C(c2ccc3c(c2)CN(c2ncc(Cc4ccc(-n5cccn5)cc4)s2)CC3)N=NC1. The van der Waals surface area contributed by atoms with Crippen molar-refractivity contribution in [3.63, 3.8) is 0 Å². The number of azo groups is 1. The second-order valence-electron chi connectivity index (χ2n) is 8.07. The van der Waals surface area contributed by atoms with E-state index in [1.807, 2.05) is 23.1 Å². The van der Waals surface area contributed by atoms with Crippen LogP contribution < -0.4 is 4.90 Å². The minimum atomic E-state index is 0.687. The van der Waals surface area contributed by atoms with Crippen molar-refractivity contribution < 1.29 is 0 Å². The van der Waals surface area contributed by atoms with Gasteiger partial charge in [-0.05, 0) is 53.5 Å². The smallest absolute Gasteiger partial charge is 0.185 e. The molecule has 0 spiro atoms. The number of fused-ring (bicyclic) bond motifs is 1. The number of hydrogen-bond acceptors (Lipinski definition) is 6. The standard InChI is InChI=1S/C25H22N6S/c1-10-28-31(12-1)22-6-2-18(3-7-22)14-23-16-26-25(32-23)30-13-9-19-4-5-20(15-21(19)17-30)24-8-11-27-29-24/h1-8,10,12,15-16H,9,11,13-14,17H2. The van der Waals surface area contributed by atoms with Crippen molar-refractivity contribution in [1.29, 1.82) is 0 Å². The van der Waals surface area contributed by atoms with Crippen LogP contribution in [0.15, 0.2) is 83.4 Å². The molecule has 2 aliphatic heterocycles. The fourth-order valence-corrected chi connectivity index (χ4v) is 5.22. The quantitative estimate of drug-likeness (QED) is 0.425. The third-order valence-corrected chi connectivity index (χ3v) is 7.01. The van der Waals surface area contributed by atoms with E-state index in [1.54, 1.807) is 17.5 Å². The van der Waals surface area contributed by atoms with E-state index < -0.39 is 0 Å². The van der Waals surface area contributed by atoms with E-state index in [2.05, 4.69) is 68.8 Å². The predicted molar refractivity (Wildman–Crippen MR) is 127 cm³/mol. The van der Waals surface area contributed by atoms with Crippen LogP contribution in [0.25, 0.3) is 11.4 Å². The van der Waals surface area contributed by atoms with E-state index >= 15 is 0 Å². The first-order valence-electron chi connectivity index (χ1n) is 10.8. The second-order valence-corrected chi connectivity index (χ2v) is 9.17. The van der Waals surface area contributed by atoms with Crippen LogP contribution in [0.5, 0.6) is 0 Å². The number of thiazole rings is 1. The van der Waals surface area contributed by atoms with Crippen molar-refractivity contribution >= 4 is 22.2 Å². The van der Waals surface area contributed by atoms with Crippen LogP contribution in [0.4, 0.5) is 5.13 Å². The lowest BCUT2D eigenvalue weighted by Crippen LogP contribution is -2.30. The first-order chi connectivity index (χ1) is 15.8. The average molecular weight is 439 g/mol. The summed E-state index contributed by atoms with van der Waals surface area (Å²) in [5, 5.41) is 13.7. The third-order valence-electron chi connectivity index (χ3n) is 5.95. The minimum absolute atomic E-state index is 0.687. The van der Waals surface area contributed by atoms with Crippen molar-refractivity contribution in [2.24, 2.45) is 10.2 Å². The maximum Gasteiger partial charge on any atom is 0.185 e. The summed E-state index contributed by atoms with van der Waals surface area (Å²) in [7, 11) is 0. The molecule has 0 saturated carbocycles. The molecule has 4 heterocycles. The maximum absolute atomic E-state index is 4.75. The highest BCUT2D eigenvalue weighted by Crippen LogP contribution is 2.31. The molecule has 0 unspecified atom stereocenters. The van der Waals surface area contributed by atoms with Gasteiger partial charge >= 0.3 is 0 Å². The van der Waals surface area contributed by atoms with Gasteiger partial charge in [-0.2, -0.15) is 15.3 Å². The van der Waals surface area contributed by atoms with Gasteiger partial charge in [0.15, 0.2) is 5.13 Å². The molecule has 32 heavy (non-hydrogen) atoms. The number of hydrogen-bond donors (Lipinski definition) is 0. The molecule has 0 amide bonds. The molecule has 0 aliphatic carbocycles. The Morgan fingerprint density at radius 1 is 1.03 bits per heavy atom. The summed E-state index contributed by atoms with van der Waals surface area (Å²) in [6.45, 7) is 2.58. The highest BCUT2D eigenvalue weighted by atomic mass is 32.1. The summed E-state index contributed by atoms with van der Waals surface area (Å²) in [4.78, 5) is 8.43. The van der Waals surface area contributed by atoms with Crippen molar-refractivity contribution in [2.45, 2.75) is 19.4 Å². The maximum atomic E-state index is 4.75. The van der Waals surface area contributed by atoms with Gasteiger partial charge < -0.3 is 4.90 Å². The van der Waals surface area contributed by atoms with Crippen molar-refractivity contribution in [2.75, 3.05) is 18.0 Å². The molecule has 0 saturated heterocycles. The van der Waals surface area contributed by atoms with Gasteiger partial charge in [-0.15, -0.1) is 11.3 Å². The average Bonchev–Trinajstić information content (AvgIpc) is 3.62. The van der Waals surface area contributed by atoms with E-state index in [0.717, 1.165) is 48.0 Å². The van der Waals surface area contributed by atoms with E-state index in [-0.39, 0.29) is 0 Å². The number of nitrogens with zero attached hydrogens (tertiary/aromatic N) is 6. The molecular weight excluding hydrogens is 416 g/mol. The lowest BCUT2D eigenvalue weighted by Gasteiger charge is -2.28. The normalized spacial score (nSPS) is 15.1. The van der Waals surface area contributed by atoms with Crippen molar-refractivity contribution in [3.8, 4) is 5.69 Å². The number of benzene rings is 2. The largest absolute Gasteiger partial charge is 0.343 e. The molecular formula is C25H22N6S. The molecule has 0 bridgehead atoms. The zero-order chi connectivity index (χ0) is 21.3. The Morgan fingerprint density at radius 2 is 1.97 bits per heavy atom. The Balaban J connectivity index is 1.16. The Morgan fingerprint density at radius 3 is 2.78 bits per heavy atom. The summed E-state index contributed by atoms with van der Waals surface area (Å²) < 4.78 is 1.88. The monoisotopic (exact) mass is 438 g/mol. The first-order valence-corrected chi connectivity index (χ1v) is 11.6. The summed E-state index contributed by atoms with van der Waals surface area (Å²) in [5.74, 6) is 0. The zero-order valence-corrected chi connectivity index (χ0v) is 18.4. The van der Waals surface area contributed by atoms with Crippen LogP contribution in [-0.2, 0) is 19.4 Å². The van der Waals surface area contributed by atoms with Crippen LogP contribution in [-0.4, -0.2) is 27.9 Å². The van der Waals surface area contributed by atoms with Crippen LogP contribution >= 0.6 is 11.3 Å². The summed E-state index contributed by atoms with van der Waals surface area (Å²) in [6, 6.07) is 17.2. The summed E-state index contributed by atoms with van der Waals surface area (Å²) in [6.07, 6.45) is 9.79. The van der Waals surface area contributed by atoms with E-state index in [9.17, 15) is 0 Å². The molecule has 158 valence electrons. The Hall–Kier alpha value is -3.58. The predicted octanol–water partition coefficient (Wildman–Crippen LogP) is 5.29. The molecule has 6 nitrogen and oxygen atoms in total. The topological polar surface area (TPSA) is 58.7 Å². The molecule has 2 aliphatic rings. The third kappa shape index (κ3) is 3.76. The van der Waals surface area contributed by atoms with Crippen LogP contribution in [0, 0.1) is 0 Å². The lowest BCUT2D eigenvalue weighted by molar-refractivity contribution is 0.728. The van der Waals surface area contributed by atoms with Crippen LogP contribution in [0.2, 0.25) is 0 Å². The van der Waals surface area contributed by atoms with Gasteiger partial charge in [0, 0.05) is 48.5 Å². The summed E-state index contributed by atoms with van der Waals surface area (Å²) in [5.41, 5.74) is 7.29. The molecule has 0 atom stereocenters. The lowest BCUT2D eigenvalue weighted by atomic mass is 9.96. The highest BCUT2D eigenvalue weighted by molar-refractivity contribution is 7.15. The van der Waals surface area contributed by atoms with E-state index in [4.69, 9.17) is 4.98 Å². The molecule has 2 aromatic heterocycles. The number of anilines is 1. The van der Waals surface area contributed by atoms with Crippen molar-refractivity contribution in [1.82, 2.24) is 14.8 Å². The van der Waals surface area contributed by atoms with E-state index in [1.165, 1.54) is 21.6 Å². The summed E-state index contributed by atoms with van der Waals surface area (Å²) >= 11 is 1.79. The van der Waals surface area contributed by atoms with Gasteiger partial charge in [-0.3, -0.25) is 0 Å². The van der Waals surface area contributed by atoms with Gasteiger partial charge in [0.1, 0.15) is 0 Å². The van der Waals surface area contributed by atoms with Gasteiger partial charge in [-0.25, -0.2) is 9.67 Å². The van der Waals surface area contributed by atoms with Crippen molar-refractivity contribution in [3.05, 3.63) is 100 Å². The number of aromatic nitrogens is 3. The Labute approximate surface area is 190 Å². The first kappa shape index (κ1) is 19.1. The molecule has 0 N–H and O–H groups in total. The van der Waals surface area contributed by atoms with Gasteiger partial charge in [0.25, 0.3) is 0 Å².